The third kappa shape index (κ3) is 4.68. The summed E-state index contributed by atoms with van der Waals surface area (Å²) in [6, 6.07) is 6.09. The Morgan fingerprint density at radius 1 is 1.33 bits per heavy atom. The number of benzene rings is 1. The van der Waals surface area contributed by atoms with E-state index in [9.17, 15) is 14.3 Å². The summed E-state index contributed by atoms with van der Waals surface area (Å²) >= 11 is 0. The van der Waals surface area contributed by atoms with Gasteiger partial charge < -0.3 is 15.2 Å². The van der Waals surface area contributed by atoms with Crippen LogP contribution in [0.1, 0.15) is 32.1 Å². The first-order valence-electron chi connectivity index (χ1n) is 8.65. The number of nitrogens with one attached hydrogen (secondary N) is 1. The van der Waals surface area contributed by atoms with E-state index in [1.165, 1.54) is 18.6 Å². The first-order chi connectivity index (χ1) is 11.5. The number of aliphatic hydroxyl groups is 1. The molecule has 1 amide bonds. The lowest BCUT2D eigenvalue weighted by molar-refractivity contribution is -0.126. The molecule has 0 bridgehead atoms. The first kappa shape index (κ1) is 17.2. The number of amides is 1. The topological polar surface area (TPSA) is 61.8 Å². The average Bonchev–Trinajstić information content (AvgIpc) is 2.51. The lowest BCUT2D eigenvalue weighted by Crippen LogP contribution is -2.54. The second-order valence-corrected chi connectivity index (χ2v) is 6.98. The van der Waals surface area contributed by atoms with Crippen molar-refractivity contribution in [3.05, 3.63) is 30.1 Å². The summed E-state index contributed by atoms with van der Waals surface area (Å²) in [6.07, 6.45) is 4.78. The van der Waals surface area contributed by atoms with Crippen LogP contribution in [0.5, 0.6) is 5.75 Å². The van der Waals surface area contributed by atoms with E-state index in [0.29, 0.717) is 31.3 Å². The van der Waals surface area contributed by atoms with E-state index in [1.54, 1.807) is 12.1 Å². The summed E-state index contributed by atoms with van der Waals surface area (Å²) in [5.41, 5.74) is -0.983. The molecule has 1 aliphatic heterocycles. The molecule has 0 spiro atoms. The van der Waals surface area contributed by atoms with Crippen LogP contribution in [-0.2, 0) is 4.79 Å². The summed E-state index contributed by atoms with van der Waals surface area (Å²) in [7, 11) is 0. The molecular weight excluding hydrogens is 311 g/mol. The maximum absolute atomic E-state index is 12.9. The molecule has 1 aliphatic carbocycles. The van der Waals surface area contributed by atoms with Crippen molar-refractivity contribution in [2.45, 2.75) is 43.7 Å². The molecule has 0 aromatic heterocycles. The molecule has 1 saturated heterocycles. The normalized spacial score (nSPS) is 25.1. The van der Waals surface area contributed by atoms with Crippen LogP contribution in [0, 0.1) is 5.82 Å². The van der Waals surface area contributed by atoms with Gasteiger partial charge in [0.15, 0.2) is 0 Å². The zero-order valence-electron chi connectivity index (χ0n) is 13.8. The lowest BCUT2D eigenvalue weighted by Gasteiger charge is -2.39. The minimum Gasteiger partial charge on any atom is -0.491 e. The molecule has 5 nitrogen and oxygen atoms in total. The fourth-order valence-corrected chi connectivity index (χ4v) is 3.24. The van der Waals surface area contributed by atoms with E-state index < -0.39 is 5.60 Å². The van der Waals surface area contributed by atoms with Crippen LogP contribution < -0.4 is 10.1 Å². The molecule has 1 aromatic rings. The molecule has 1 saturated carbocycles. The number of hydrogen-bond donors (Lipinski definition) is 2. The van der Waals surface area contributed by atoms with Crippen molar-refractivity contribution in [2.24, 2.45) is 0 Å². The molecule has 0 radical (unpaired) electrons. The molecular formula is C18H25FN2O3. The molecule has 3 rings (SSSR count). The van der Waals surface area contributed by atoms with Crippen molar-refractivity contribution in [1.29, 1.82) is 0 Å². The minimum atomic E-state index is -0.983. The highest BCUT2D eigenvalue weighted by atomic mass is 19.1. The molecule has 1 heterocycles. The molecule has 1 aromatic carbocycles. The fourth-order valence-electron chi connectivity index (χ4n) is 3.24. The van der Waals surface area contributed by atoms with Crippen LogP contribution >= 0.6 is 0 Å². The Balaban J connectivity index is 1.47. The quantitative estimate of drug-likeness (QED) is 0.830. The Morgan fingerprint density at radius 3 is 2.75 bits per heavy atom. The number of likely N-dealkylation sites (tertiary alicyclic amines) is 1. The highest BCUT2D eigenvalue weighted by Crippen LogP contribution is 2.23. The Bertz CT molecular complexity index is 562. The van der Waals surface area contributed by atoms with E-state index in [0.717, 1.165) is 25.8 Å². The highest BCUT2D eigenvalue weighted by molar-refractivity contribution is 5.78. The zero-order chi connectivity index (χ0) is 17.0. The van der Waals surface area contributed by atoms with Gasteiger partial charge in [0.05, 0.1) is 6.54 Å². The smallest absolute Gasteiger partial charge is 0.234 e. The van der Waals surface area contributed by atoms with Gasteiger partial charge in [0.2, 0.25) is 5.91 Å². The van der Waals surface area contributed by atoms with Gasteiger partial charge in [0, 0.05) is 12.6 Å². The SMILES string of the molecule is O=C(CN1CCC[C@@](O)(COc2ccc(F)cc2)C1)NC1CCC1. The molecule has 0 unspecified atom stereocenters. The monoisotopic (exact) mass is 336 g/mol. The maximum atomic E-state index is 12.9. The second kappa shape index (κ2) is 7.49. The van der Waals surface area contributed by atoms with Crippen LogP contribution in [0.3, 0.4) is 0 Å². The fraction of sp³-hybridized carbons (Fsp3) is 0.611. The van der Waals surface area contributed by atoms with Crippen LogP contribution in [0.25, 0.3) is 0 Å². The third-order valence-electron chi connectivity index (χ3n) is 4.79. The van der Waals surface area contributed by atoms with Crippen LogP contribution in [0.2, 0.25) is 0 Å². The maximum Gasteiger partial charge on any atom is 0.234 e. The minimum absolute atomic E-state index is 0.0309. The van der Waals surface area contributed by atoms with Gasteiger partial charge >= 0.3 is 0 Å². The zero-order valence-corrected chi connectivity index (χ0v) is 13.8. The van der Waals surface area contributed by atoms with Gasteiger partial charge in [-0.15, -0.1) is 0 Å². The van der Waals surface area contributed by atoms with Crippen LogP contribution in [0.15, 0.2) is 24.3 Å². The highest BCUT2D eigenvalue weighted by Gasteiger charge is 2.35. The van der Waals surface area contributed by atoms with Crippen molar-refractivity contribution in [3.8, 4) is 5.75 Å². The Hall–Kier alpha value is -1.66. The molecule has 6 heteroatoms. The Kier molecular flexibility index (Phi) is 5.36. The van der Waals surface area contributed by atoms with Crippen LogP contribution in [0.4, 0.5) is 4.39 Å². The van der Waals surface area contributed by atoms with Gasteiger partial charge in [-0.05, 0) is 62.9 Å². The van der Waals surface area contributed by atoms with E-state index >= 15 is 0 Å². The van der Waals surface area contributed by atoms with Crippen molar-refractivity contribution in [3.63, 3.8) is 0 Å². The third-order valence-corrected chi connectivity index (χ3v) is 4.79. The second-order valence-electron chi connectivity index (χ2n) is 6.98. The van der Waals surface area contributed by atoms with E-state index in [1.807, 2.05) is 4.90 Å². The van der Waals surface area contributed by atoms with E-state index in [-0.39, 0.29) is 18.3 Å². The van der Waals surface area contributed by atoms with Crippen molar-refractivity contribution in [1.82, 2.24) is 10.2 Å². The first-order valence-corrected chi connectivity index (χ1v) is 8.65. The molecule has 2 fully saturated rings. The number of hydrogen-bond acceptors (Lipinski definition) is 4. The number of β-amino-alcohol motifs (C(OH)–C–C–N with tert-alkyl or cyclic N) is 1. The summed E-state index contributed by atoms with van der Waals surface area (Å²) < 4.78 is 18.5. The number of ether oxygens (including phenoxy) is 1. The Labute approximate surface area is 141 Å². The van der Waals surface area contributed by atoms with Crippen molar-refractivity contribution >= 4 is 5.91 Å². The van der Waals surface area contributed by atoms with E-state index in [2.05, 4.69) is 5.32 Å². The molecule has 1 atom stereocenters. The van der Waals surface area contributed by atoms with Crippen molar-refractivity contribution < 1.29 is 19.0 Å². The van der Waals surface area contributed by atoms with Gasteiger partial charge in [-0.2, -0.15) is 0 Å². The number of nitrogens with zero attached hydrogens (tertiary/aromatic N) is 1. The predicted octanol–water partition coefficient (Wildman–Crippen LogP) is 1.70. The summed E-state index contributed by atoms with van der Waals surface area (Å²) in [5.74, 6) is 0.246. The number of piperidine rings is 1. The van der Waals surface area contributed by atoms with Gasteiger partial charge in [-0.3, -0.25) is 9.69 Å². The predicted molar refractivity (Wildman–Crippen MR) is 88.3 cm³/mol. The average molecular weight is 336 g/mol. The number of halogens is 1. The lowest BCUT2D eigenvalue weighted by atomic mass is 9.92. The summed E-state index contributed by atoms with van der Waals surface area (Å²) in [6.45, 7) is 1.66. The van der Waals surface area contributed by atoms with Gasteiger partial charge in [-0.25, -0.2) is 4.39 Å². The van der Waals surface area contributed by atoms with Gasteiger partial charge in [0.25, 0.3) is 0 Å². The molecule has 2 N–H and O–H groups in total. The summed E-state index contributed by atoms with van der Waals surface area (Å²) in [4.78, 5) is 14.0. The number of rotatable bonds is 6. The Morgan fingerprint density at radius 2 is 2.08 bits per heavy atom. The van der Waals surface area contributed by atoms with Gasteiger partial charge in [-0.1, -0.05) is 0 Å². The standard InChI is InChI=1S/C18H25FN2O3/c19-14-5-7-16(8-6-14)24-13-18(23)9-2-10-21(12-18)11-17(22)20-15-3-1-4-15/h5-8,15,23H,1-4,9-13H2,(H,20,22)/t18-/m0/s1. The van der Waals surface area contributed by atoms with Gasteiger partial charge in [0.1, 0.15) is 23.8 Å². The van der Waals surface area contributed by atoms with Crippen LogP contribution in [-0.4, -0.2) is 53.8 Å². The largest absolute Gasteiger partial charge is 0.491 e. The molecule has 2 aliphatic rings. The summed E-state index contributed by atoms with van der Waals surface area (Å²) in [5, 5.41) is 13.8. The van der Waals surface area contributed by atoms with Crippen molar-refractivity contribution in [2.75, 3.05) is 26.2 Å². The molecule has 24 heavy (non-hydrogen) atoms. The molecule has 132 valence electrons. The van der Waals surface area contributed by atoms with E-state index in [4.69, 9.17) is 4.74 Å². The number of carbonyl (C=O) groups excluding carboxylic acids is 1. The number of carbonyl (C=O) groups is 1.